The van der Waals surface area contributed by atoms with Crippen LogP contribution in [-0.4, -0.2) is 39.8 Å². The van der Waals surface area contributed by atoms with Crippen molar-refractivity contribution in [2.75, 3.05) is 0 Å². The van der Waals surface area contributed by atoms with Crippen molar-refractivity contribution in [3.63, 3.8) is 0 Å². The Morgan fingerprint density at radius 2 is 1.72 bits per heavy atom. The number of nitrogens with zero attached hydrogens (tertiary/aromatic N) is 2. The zero-order chi connectivity index (χ0) is 18.8. The molecular weight excluding hydrogens is 319 g/mol. The van der Waals surface area contributed by atoms with E-state index in [9.17, 15) is 4.79 Å². The first-order valence-corrected chi connectivity index (χ1v) is 9.01. The van der Waals surface area contributed by atoms with Crippen molar-refractivity contribution >= 4 is 18.7 Å². The van der Waals surface area contributed by atoms with Gasteiger partial charge in [-0.2, -0.15) is 9.78 Å². The molecule has 1 aliphatic heterocycles. The first-order valence-electron chi connectivity index (χ1n) is 9.01. The van der Waals surface area contributed by atoms with Crippen LogP contribution < -0.4 is 5.46 Å². The van der Waals surface area contributed by atoms with E-state index in [1.807, 2.05) is 55.4 Å². The van der Waals surface area contributed by atoms with Crippen molar-refractivity contribution in [2.24, 2.45) is 0 Å². The fourth-order valence-corrected chi connectivity index (χ4v) is 3.00. The highest BCUT2D eigenvalue weighted by Gasteiger charge is 2.54. The smallest absolute Gasteiger partial charge is 0.442 e. The summed E-state index contributed by atoms with van der Waals surface area (Å²) in [5, 5.41) is 4.48. The maximum Gasteiger partial charge on any atom is 0.498 e. The van der Waals surface area contributed by atoms with Gasteiger partial charge in [-0.1, -0.05) is 0 Å². The van der Waals surface area contributed by atoms with E-state index in [2.05, 4.69) is 5.10 Å². The van der Waals surface area contributed by atoms with Crippen LogP contribution in [0.15, 0.2) is 0 Å². The van der Waals surface area contributed by atoms with Crippen LogP contribution >= 0.6 is 0 Å². The average Bonchev–Trinajstić information content (AvgIpc) is 3.13. The van der Waals surface area contributed by atoms with Crippen molar-refractivity contribution in [3.8, 4) is 0 Å². The summed E-state index contributed by atoms with van der Waals surface area (Å²) in [6.45, 7) is 15.6. The highest BCUT2D eigenvalue weighted by molar-refractivity contribution is 6.63. The quantitative estimate of drug-likeness (QED) is 0.769. The standard InChI is InChI=1S/C18H29BN2O4/c1-11-13(19-24-17(5,6)18(7,8)25-19)14(12-9-10-12)21(20-11)15(22)23-16(2,3)4/h12H,9-10H2,1-8H3. The minimum absolute atomic E-state index is 0.308. The summed E-state index contributed by atoms with van der Waals surface area (Å²) < 4.78 is 19.4. The van der Waals surface area contributed by atoms with E-state index >= 15 is 0 Å². The van der Waals surface area contributed by atoms with E-state index < -0.39 is 30.0 Å². The van der Waals surface area contributed by atoms with Gasteiger partial charge >= 0.3 is 13.2 Å². The van der Waals surface area contributed by atoms with E-state index in [0.717, 1.165) is 29.7 Å². The minimum Gasteiger partial charge on any atom is -0.442 e. The second-order valence-corrected chi connectivity index (χ2v) is 9.14. The summed E-state index contributed by atoms with van der Waals surface area (Å²) in [4.78, 5) is 12.6. The summed E-state index contributed by atoms with van der Waals surface area (Å²) >= 11 is 0. The van der Waals surface area contributed by atoms with Gasteiger partial charge < -0.3 is 14.0 Å². The average molecular weight is 348 g/mol. The number of aromatic nitrogens is 2. The Balaban J connectivity index is 2.00. The Kier molecular flexibility index (Phi) is 4.12. The molecule has 0 unspecified atom stereocenters. The molecule has 0 spiro atoms. The lowest BCUT2D eigenvalue weighted by molar-refractivity contribution is 0.00578. The lowest BCUT2D eigenvalue weighted by atomic mass is 9.76. The van der Waals surface area contributed by atoms with Crippen molar-refractivity contribution in [1.82, 2.24) is 9.78 Å². The van der Waals surface area contributed by atoms with Crippen LogP contribution in [0.1, 0.15) is 78.6 Å². The van der Waals surface area contributed by atoms with Gasteiger partial charge in [0.1, 0.15) is 5.60 Å². The van der Waals surface area contributed by atoms with Crippen molar-refractivity contribution in [2.45, 2.75) is 91.0 Å². The molecule has 0 atom stereocenters. The fourth-order valence-electron chi connectivity index (χ4n) is 3.00. The molecule has 0 N–H and O–H groups in total. The van der Waals surface area contributed by atoms with E-state index in [1.165, 1.54) is 4.68 Å². The Bertz CT molecular complexity index is 683. The van der Waals surface area contributed by atoms with Gasteiger partial charge in [-0.15, -0.1) is 0 Å². The van der Waals surface area contributed by atoms with Crippen LogP contribution in [0.4, 0.5) is 4.79 Å². The number of rotatable bonds is 2. The van der Waals surface area contributed by atoms with E-state index in [0.29, 0.717) is 5.92 Å². The molecule has 0 amide bonds. The van der Waals surface area contributed by atoms with Gasteiger partial charge in [-0.25, -0.2) is 4.79 Å². The van der Waals surface area contributed by atoms with Gasteiger partial charge in [0.15, 0.2) is 0 Å². The Labute approximate surface area is 150 Å². The van der Waals surface area contributed by atoms with Gasteiger partial charge in [0, 0.05) is 11.4 Å². The first-order chi connectivity index (χ1) is 11.3. The third kappa shape index (κ3) is 3.36. The molecule has 1 saturated carbocycles. The molecule has 0 radical (unpaired) electrons. The third-order valence-corrected chi connectivity index (χ3v) is 5.16. The van der Waals surface area contributed by atoms with Crippen LogP contribution in [-0.2, 0) is 14.0 Å². The zero-order valence-corrected chi connectivity index (χ0v) is 16.6. The Hall–Kier alpha value is -1.34. The Morgan fingerprint density at radius 1 is 1.20 bits per heavy atom. The number of aryl methyl sites for hydroxylation is 1. The monoisotopic (exact) mass is 348 g/mol. The number of carbonyl (C=O) groups excluding carboxylic acids is 1. The van der Waals surface area contributed by atoms with Gasteiger partial charge in [-0.3, -0.25) is 0 Å². The number of ether oxygens (including phenoxy) is 1. The molecule has 2 aliphatic rings. The summed E-state index contributed by atoms with van der Waals surface area (Å²) in [5.74, 6) is 0.308. The molecule has 1 aromatic heterocycles. The van der Waals surface area contributed by atoms with Gasteiger partial charge in [0.25, 0.3) is 0 Å². The number of hydrogen-bond donors (Lipinski definition) is 0. The van der Waals surface area contributed by atoms with Crippen molar-refractivity contribution in [1.29, 1.82) is 0 Å². The molecule has 1 aliphatic carbocycles. The maximum absolute atomic E-state index is 12.6. The van der Waals surface area contributed by atoms with E-state index in [1.54, 1.807) is 0 Å². The zero-order valence-electron chi connectivity index (χ0n) is 16.6. The van der Waals surface area contributed by atoms with Gasteiger partial charge in [0.05, 0.1) is 22.6 Å². The highest BCUT2D eigenvalue weighted by atomic mass is 16.7. The molecule has 2 fully saturated rings. The molecule has 0 aromatic carbocycles. The van der Waals surface area contributed by atoms with Gasteiger partial charge in [-0.05, 0) is 68.2 Å². The largest absolute Gasteiger partial charge is 0.498 e. The lowest BCUT2D eigenvalue weighted by Gasteiger charge is -2.32. The SMILES string of the molecule is Cc1nn(C(=O)OC(C)(C)C)c(C2CC2)c1B1OC(C)(C)C(C)(C)O1. The maximum atomic E-state index is 12.6. The predicted molar refractivity (Wildman–Crippen MR) is 96.3 cm³/mol. The first kappa shape index (κ1) is 18.5. The summed E-state index contributed by atoms with van der Waals surface area (Å²) in [6.07, 6.45) is 1.64. The van der Waals surface area contributed by atoms with Gasteiger partial charge in [0.2, 0.25) is 0 Å². The van der Waals surface area contributed by atoms with Crippen LogP contribution in [0.25, 0.3) is 0 Å². The summed E-state index contributed by atoms with van der Waals surface area (Å²) in [7, 11) is -0.517. The van der Waals surface area contributed by atoms with Crippen LogP contribution in [0, 0.1) is 6.92 Å². The molecule has 1 saturated heterocycles. The summed E-state index contributed by atoms with van der Waals surface area (Å²) in [6, 6.07) is 0. The minimum atomic E-state index is -0.567. The summed E-state index contributed by atoms with van der Waals surface area (Å²) in [5.41, 5.74) is 1.09. The normalized spacial score (nSPS) is 22.3. The fraction of sp³-hybridized carbons (Fsp3) is 0.778. The van der Waals surface area contributed by atoms with Crippen LogP contribution in [0.5, 0.6) is 0 Å². The van der Waals surface area contributed by atoms with Crippen molar-refractivity contribution in [3.05, 3.63) is 11.4 Å². The topological polar surface area (TPSA) is 62.6 Å². The van der Waals surface area contributed by atoms with Crippen LogP contribution in [0.3, 0.4) is 0 Å². The molecular formula is C18H29BN2O4. The second kappa shape index (κ2) is 5.58. The molecule has 1 aromatic rings. The highest BCUT2D eigenvalue weighted by Crippen LogP contribution is 2.42. The molecule has 3 rings (SSSR count). The van der Waals surface area contributed by atoms with E-state index in [4.69, 9.17) is 14.0 Å². The van der Waals surface area contributed by atoms with Crippen LogP contribution in [0.2, 0.25) is 0 Å². The predicted octanol–water partition coefficient (Wildman–Crippen LogP) is 3.15. The molecule has 6 nitrogen and oxygen atoms in total. The molecule has 138 valence electrons. The molecule has 2 heterocycles. The number of carbonyl (C=O) groups is 1. The third-order valence-electron chi connectivity index (χ3n) is 5.16. The molecule has 25 heavy (non-hydrogen) atoms. The van der Waals surface area contributed by atoms with Crippen molar-refractivity contribution < 1.29 is 18.8 Å². The molecule has 0 bridgehead atoms. The van der Waals surface area contributed by atoms with E-state index in [-0.39, 0.29) is 0 Å². The second-order valence-electron chi connectivity index (χ2n) is 9.14. The number of hydrogen-bond acceptors (Lipinski definition) is 5. The lowest BCUT2D eigenvalue weighted by Crippen LogP contribution is -2.41. The molecule has 7 heteroatoms. The Morgan fingerprint density at radius 3 is 2.16 bits per heavy atom.